The van der Waals surface area contributed by atoms with Crippen LogP contribution in [0.2, 0.25) is 0 Å². The lowest BCUT2D eigenvalue weighted by molar-refractivity contribution is -0.114. The van der Waals surface area contributed by atoms with E-state index in [0.717, 1.165) is 22.3 Å². The monoisotopic (exact) mass is 324 g/mol. The van der Waals surface area contributed by atoms with Crippen molar-refractivity contribution in [1.82, 2.24) is 0 Å². The lowest BCUT2D eigenvalue weighted by atomic mass is 9.98. The smallest absolute Gasteiger partial charge is 0.167 e. The molecule has 0 fully saturated rings. The third kappa shape index (κ3) is 4.67. The molecule has 1 heteroatoms. The molecular weight excluding hydrogens is 304 g/mol. The van der Waals surface area contributed by atoms with Crippen LogP contribution in [0.4, 0.5) is 0 Å². The molecule has 1 nitrogen and oxygen atoms in total. The van der Waals surface area contributed by atoms with Gasteiger partial charge in [0, 0.05) is 18.1 Å². The zero-order chi connectivity index (χ0) is 17.5. The molecule has 0 bridgehead atoms. The molecule has 25 heavy (non-hydrogen) atoms. The van der Waals surface area contributed by atoms with E-state index in [-0.39, 0.29) is 5.78 Å². The maximum Gasteiger partial charge on any atom is 0.167 e. The average molecular weight is 324 g/mol. The summed E-state index contributed by atoms with van der Waals surface area (Å²) in [6.07, 6.45) is 1.96. The Hall–Kier alpha value is -3.15. The minimum absolute atomic E-state index is 0.0493. The summed E-state index contributed by atoms with van der Waals surface area (Å²) in [5.74, 6) is 0.0493. The number of ketones is 1. The zero-order valence-electron chi connectivity index (χ0n) is 14.3. The van der Waals surface area contributed by atoms with Gasteiger partial charge in [-0.15, -0.1) is 5.73 Å². The standard InChI is InChI=1S/C24H20O/c1-19-12-14-20(15-13-19)18-23(25)16-17-24(21-8-4-2-5-9-21)22-10-6-3-7-11-22/h2-16H,18H2,1H3. The normalized spacial score (nSPS) is 9.96. The lowest BCUT2D eigenvalue weighted by Crippen LogP contribution is -1.98. The second-order valence-electron chi connectivity index (χ2n) is 6.02. The van der Waals surface area contributed by atoms with Gasteiger partial charge in [0.2, 0.25) is 0 Å². The average Bonchev–Trinajstić information content (AvgIpc) is 2.66. The van der Waals surface area contributed by atoms with Crippen molar-refractivity contribution in [3.05, 3.63) is 119 Å². The van der Waals surface area contributed by atoms with E-state index < -0.39 is 0 Å². The van der Waals surface area contributed by atoms with Crippen molar-refractivity contribution >= 4 is 11.4 Å². The molecule has 0 heterocycles. The molecular formula is C24H20O. The Kier molecular flexibility index (Phi) is 5.41. The number of carbonyl (C=O) groups is 1. The van der Waals surface area contributed by atoms with Gasteiger partial charge in [0.05, 0.1) is 0 Å². The van der Waals surface area contributed by atoms with E-state index in [0.29, 0.717) is 6.42 Å². The maximum atomic E-state index is 12.3. The SMILES string of the molecule is Cc1ccc(CC(=O)C=C=C(c2ccccc2)c2ccccc2)cc1. The molecule has 3 aromatic rings. The van der Waals surface area contributed by atoms with Gasteiger partial charge in [-0.05, 0) is 23.6 Å². The number of carbonyl (C=O) groups excluding carboxylic acids is 1. The van der Waals surface area contributed by atoms with Gasteiger partial charge in [-0.25, -0.2) is 0 Å². The molecule has 122 valence electrons. The molecule has 0 amide bonds. The number of rotatable bonds is 5. The van der Waals surface area contributed by atoms with Crippen molar-refractivity contribution in [2.75, 3.05) is 0 Å². The van der Waals surface area contributed by atoms with E-state index in [1.807, 2.05) is 91.9 Å². The van der Waals surface area contributed by atoms with Gasteiger partial charge in [0.1, 0.15) is 0 Å². The van der Waals surface area contributed by atoms with E-state index in [1.54, 1.807) is 6.08 Å². The molecule has 3 aromatic carbocycles. The van der Waals surface area contributed by atoms with Crippen molar-refractivity contribution in [2.24, 2.45) is 0 Å². The van der Waals surface area contributed by atoms with E-state index >= 15 is 0 Å². The minimum atomic E-state index is 0.0493. The summed E-state index contributed by atoms with van der Waals surface area (Å²) >= 11 is 0. The quantitative estimate of drug-likeness (QED) is 0.454. The van der Waals surface area contributed by atoms with Crippen LogP contribution in [0.15, 0.2) is 96.7 Å². The van der Waals surface area contributed by atoms with Gasteiger partial charge >= 0.3 is 0 Å². The number of allylic oxidation sites excluding steroid dienone is 1. The van der Waals surface area contributed by atoms with E-state index in [1.165, 1.54) is 5.56 Å². The van der Waals surface area contributed by atoms with Gasteiger partial charge in [0.15, 0.2) is 5.78 Å². The molecule has 0 aliphatic rings. The van der Waals surface area contributed by atoms with Gasteiger partial charge in [-0.3, -0.25) is 4.79 Å². The van der Waals surface area contributed by atoms with Crippen LogP contribution in [0.3, 0.4) is 0 Å². The summed E-state index contributed by atoms with van der Waals surface area (Å²) in [5.41, 5.74) is 8.47. The fourth-order valence-electron chi connectivity index (χ4n) is 2.65. The number of hydrogen-bond acceptors (Lipinski definition) is 1. The molecule has 0 aliphatic carbocycles. The second-order valence-corrected chi connectivity index (χ2v) is 6.02. The lowest BCUT2D eigenvalue weighted by Gasteiger charge is -2.05. The summed E-state index contributed by atoms with van der Waals surface area (Å²) < 4.78 is 0. The fourth-order valence-corrected chi connectivity index (χ4v) is 2.65. The highest BCUT2D eigenvalue weighted by Gasteiger charge is 2.04. The highest BCUT2D eigenvalue weighted by molar-refractivity contribution is 5.93. The first-order chi connectivity index (χ1) is 12.2. The van der Waals surface area contributed by atoms with E-state index in [9.17, 15) is 4.79 Å². The third-order valence-electron chi connectivity index (χ3n) is 4.00. The van der Waals surface area contributed by atoms with Crippen LogP contribution < -0.4 is 0 Å². The summed E-state index contributed by atoms with van der Waals surface area (Å²) in [4.78, 5) is 12.3. The topological polar surface area (TPSA) is 17.1 Å². The molecule has 0 spiro atoms. The number of aryl methyl sites for hydroxylation is 1. The Morgan fingerprint density at radius 1 is 0.800 bits per heavy atom. The molecule has 0 N–H and O–H groups in total. The molecule has 0 saturated heterocycles. The zero-order valence-corrected chi connectivity index (χ0v) is 14.3. The number of hydrogen-bond donors (Lipinski definition) is 0. The molecule has 0 aliphatic heterocycles. The summed E-state index contributed by atoms with van der Waals surface area (Å²) in [7, 11) is 0. The first kappa shape index (κ1) is 16.7. The molecule has 3 rings (SSSR count). The predicted molar refractivity (Wildman–Crippen MR) is 103 cm³/mol. The molecule has 0 saturated carbocycles. The highest BCUT2D eigenvalue weighted by Crippen LogP contribution is 2.21. The van der Waals surface area contributed by atoms with Crippen molar-refractivity contribution in [3.8, 4) is 0 Å². The molecule has 0 atom stereocenters. The van der Waals surface area contributed by atoms with Crippen molar-refractivity contribution in [3.63, 3.8) is 0 Å². The number of benzene rings is 3. The van der Waals surface area contributed by atoms with Crippen molar-refractivity contribution < 1.29 is 4.79 Å². The van der Waals surface area contributed by atoms with Crippen LogP contribution in [0.5, 0.6) is 0 Å². The van der Waals surface area contributed by atoms with Crippen LogP contribution in [-0.2, 0) is 11.2 Å². The van der Waals surface area contributed by atoms with Gasteiger partial charge in [0.25, 0.3) is 0 Å². The Balaban J connectivity index is 1.91. The first-order valence-corrected chi connectivity index (χ1v) is 8.38. The van der Waals surface area contributed by atoms with E-state index in [4.69, 9.17) is 0 Å². The summed E-state index contributed by atoms with van der Waals surface area (Å²) in [6, 6.07) is 28.1. The van der Waals surface area contributed by atoms with Crippen LogP contribution >= 0.6 is 0 Å². The molecule has 0 aromatic heterocycles. The first-order valence-electron chi connectivity index (χ1n) is 8.38. The largest absolute Gasteiger partial charge is 0.294 e. The van der Waals surface area contributed by atoms with Crippen LogP contribution in [0.25, 0.3) is 5.57 Å². The predicted octanol–water partition coefficient (Wildman–Crippen LogP) is 5.39. The molecule has 0 unspecified atom stereocenters. The Labute approximate surface area is 149 Å². The Morgan fingerprint density at radius 2 is 1.32 bits per heavy atom. The summed E-state index contributed by atoms with van der Waals surface area (Å²) in [6.45, 7) is 2.04. The minimum Gasteiger partial charge on any atom is -0.294 e. The highest BCUT2D eigenvalue weighted by atomic mass is 16.1. The van der Waals surface area contributed by atoms with Crippen LogP contribution in [-0.4, -0.2) is 5.78 Å². The third-order valence-corrected chi connectivity index (χ3v) is 4.00. The van der Waals surface area contributed by atoms with Gasteiger partial charge in [-0.1, -0.05) is 90.5 Å². The van der Waals surface area contributed by atoms with E-state index in [2.05, 4.69) is 5.73 Å². The Morgan fingerprint density at radius 3 is 1.84 bits per heavy atom. The Bertz CT molecular complexity index is 856. The summed E-state index contributed by atoms with van der Waals surface area (Å²) in [5, 5.41) is 0. The van der Waals surface area contributed by atoms with Crippen molar-refractivity contribution in [2.45, 2.75) is 13.3 Å². The molecule has 0 radical (unpaired) electrons. The van der Waals surface area contributed by atoms with Crippen LogP contribution in [0, 0.1) is 6.92 Å². The fraction of sp³-hybridized carbons (Fsp3) is 0.0833. The van der Waals surface area contributed by atoms with Crippen LogP contribution in [0.1, 0.15) is 22.3 Å². The maximum absolute atomic E-state index is 12.3. The van der Waals surface area contributed by atoms with Crippen molar-refractivity contribution in [1.29, 1.82) is 0 Å². The van der Waals surface area contributed by atoms with Gasteiger partial charge in [-0.2, -0.15) is 0 Å². The second kappa shape index (κ2) is 8.10. The van der Waals surface area contributed by atoms with Gasteiger partial charge < -0.3 is 0 Å².